The lowest BCUT2D eigenvalue weighted by Gasteiger charge is -2.91. The zero-order valence-electron chi connectivity index (χ0n) is 32.7. The molecule has 18 aliphatic carbocycles. The van der Waals surface area contributed by atoms with Crippen molar-refractivity contribution in [3.63, 3.8) is 0 Å². The third-order valence-corrected chi connectivity index (χ3v) is 23.8. The van der Waals surface area contributed by atoms with Gasteiger partial charge in [-0.3, -0.25) is 0 Å². The van der Waals surface area contributed by atoms with E-state index in [2.05, 4.69) is 154 Å². The molecule has 18 saturated carbocycles. The van der Waals surface area contributed by atoms with Gasteiger partial charge in [-0.15, -0.1) is 0 Å². The van der Waals surface area contributed by atoms with Gasteiger partial charge in [0.15, 0.2) is 0 Å². The first-order valence-corrected chi connectivity index (χ1v) is 25.0. The highest BCUT2D eigenvalue weighted by Gasteiger charge is 2.88. The van der Waals surface area contributed by atoms with Gasteiger partial charge in [0, 0.05) is 7.14 Å². The van der Waals surface area contributed by atoms with E-state index < -0.39 is 0 Å². The van der Waals surface area contributed by atoms with Crippen LogP contribution in [0.3, 0.4) is 0 Å². The highest BCUT2D eigenvalue weighted by atomic mass is 127. The number of hydrogen-bond acceptors (Lipinski definition) is 0. The summed E-state index contributed by atoms with van der Waals surface area (Å²) < 4.78 is 2.77. The molecule has 22 rings (SSSR count). The first-order valence-electron chi connectivity index (χ1n) is 22.8. The molecule has 4 unspecified atom stereocenters. The van der Waals surface area contributed by atoms with Crippen LogP contribution >= 0.6 is 45.2 Å². The molecule has 18 aliphatic rings. The SMILES string of the molecule is Ic1ccc(C23CC4C56CC7(c8ccc(I)cc8)CC([C@H]5C2)[C@@H](C3)C4(C7)C6)cc1.c1ccc(C23CC4C56CC7(c8ccccc8)CC([C@H]5C2)[C@@H](C3)C4(C7)C6)cc1. The molecule has 0 aromatic heterocycles. The lowest BCUT2D eigenvalue weighted by Crippen LogP contribution is -2.85. The average Bonchev–Trinajstić information content (AvgIpc) is 3.22. The number of hydrogen-bond donors (Lipinski definition) is 0. The highest BCUT2D eigenvalue weighted by molar-refractivity contribution is 14.1. The van der Waals surface area contributed by atoms with E-state index in [1.54, 1.807) is 35.1 Å². The summed E-state index contributed by atoms with van der Waals surface area (Å²) in [5.74, 6) is 8.28. The number of halogens is 2. The number of rotatable bonds is 4. The third-order valence-electron chi connectivity index (χ3n) is 22.4. The van der Waals surface area contributed by atoms with Gasteiger partial charge in [0.1, 0.15) is 0 Å². The summed E-state index contributed by atoms with van der Waals surface area (Å²) in [7, 11) is 0. The van der Waals surface area contributed by atoms with Crippen LogP contribution in [0.25, 0.3) is 0 Å². The van der Waals surface area contributed by atoms with E-state index in [-0.39, 0.29) is 0 Å². The molecule has 4 aromatic rings. The van der Waals surface area contributed by atoms with E-state index >= 15 is 0 Å². The zero-order valence-corrected chi connectivity index (χ0v) is 37.0. The molecule has 0 amide bonds. The van der Waals surface area contributed by atoms with Gasteiger partial charge in [-0.2, -0.15) is 0 Å². The van der Waals surface area contributed by atoms with Crippen LogP contribution in [0.5, 0.6) is 0 Å². The second-order valence-corrected chi connectivity index (χ2v) is 25.8. The van der Waals surface area contributed by atoms with Crippen LogP contribution in [0.2, 0.25) is 0 Å². The number of benzene rings is 4. The van der Waals surface area contributed by atoms with Crippen LogP contribution in [0, 0.1) is 76.1 Å². The molecule has 0 N–H and O–H groups in total. The predicted octanol–water partition coefficient (Wildman–Crippen LogP) is 13.4. The Morgan fingerprint density at radius 1 is 0.321 bits per heavy atom. The maximum absolute atomic E-state index is 2.49. The van der Waals surface area contributed by atoms with Crippen LogP contribution in [0.15, 0.2) is 109 Å². The molecule has 0 heterocycles. The first kappa shape index (κ1) is 33.1. The Kier molecular flexibility index (Phi) is 5.96. The molecule has 18 fully saturated rings. The van der Waals surface area contributed by atoms with Crippen molar-refractivity contribution in [2.24, 2.45) is 69.0 Å². The van der Waals surface area contributed by atoms with E-state index in [9.17, 15) is 0 Å². The van der Waals surface area contributed by atoms with Gasteiger partial charge in [0.05, 0.1) is 0 Å². The van der Waals surface area contributed by atoms with Crippen molar-refractivity contribution in [3.05, 3.63) is 139 Å². The van der Waals surface area contributed by atoms with Crippen molar-refractivity contribution in [2.75, 3.05) is 0 Å². The second-order valence-electron chi connectivity index (χ2n) is 23.4. The van der Waals surface area contributed by atoms with E-state index in [1.165, 1.54) is 84.2 Å². The summed E-state index contributed by atoms with van der Waals surface area (Å²) in [5, 5.41) is 0. The normalized spacial score (nSPS) is 53.5. The van der Waals surface area contributed by atoms with Gasteiger partial charge in [-0.05, 0) is 272 Å². The van der Waals surface area contributed by atoms with E-state index in [4.69, 9.17) is 0 Å². The van der Waals surface area contributed by atoms with E-state index in [0.717, 1.165) is 58.2 Å². The van der Waals surface area contributed by atoms with Crippen molar-refractivity contribution in [1.29, 1.82) is 0 Å². The lowest BCUT2D eigenvalue weighted by molar-refractivity contribution is -0.399. The topological polar surface area (TPSA) is 0 Å². The molecule has 2 heteroatoms. The zero-order chi connectivity index (χ0) is 36.7. The molecular formula is C54H54I2. The lowest BCUT2D eigenvalue weighted by atomic mass is 9.13. The highest BCUT2D eigenvalue weighted by Crippen LogP contribution is 2.94. The van der Waals surface area contributed by atoms with Crippen LogP contribution in [0.1, 0.15) is 112 Å². The van der Waals surface area contributed by atoms with Crippen LogP contribution in [-0.2, 0) is 21.7 Å². The Hall–Kier alpha value is -1.66. The molecule has 0 aliphatic heterocycles. The molecule has 0 radical (unpaired) electrons. The largest absolute Gasteiger partial charge is 0.0622 e. The Balaban J connectivity index is 0.000000110. The Bertz CT molecular complexity index is 2250. The van der Waals surface area contributed by atoms with Gasteiger partial charge >= 0.3 is 0 Å². The summed E-state index contributed by atoms with van der Waals surface area (Å²) in [4.78, 5) is 0. The van der Waals surface area contributed by atoms with Crippen molar-refractivity contribution < 1.29 is 0 Å². The molecule has 56 heavy (non-hydrogen) atoms. The quantitative estimate of drug-likeness (QED) is 0.179. The summed E-state index contributed by atoms with van der Waals surface area (Å²) >= 11 is 4.93. The Morgan fingerprint density at radius 3 is 1.02 bits per heavy atom. The third kappa shape index (κ3) is 3.51. The summed E-state index contributed by atoms with van der Waals surface area (Å²) in [5.41, 5.74) is 11.8. The van der Waals surface area contributed by atoms with Crippen molar-refractivity contribution >= 4 is 45.2 Å². The standard InChI is InChI=1S/C27H26I2.C27H28/c28-18-5-1-16(2-6-18)24-10-21-20-9-25(17-3-7-19(29)8-4-17)13-26(21)15-27(14-25,22(20)11-24)23(26)12-24;1-3-7-18(8-4-1)24-12-21-20-11-25(19-9-5-2-6-10-19)15-26(21)17-27(16-25,22(20)13-24)23(26)14-24/h1-8,20-23H,9-15H2;1-10,20-23H,11-17H2/t2*20?,21-,22-,23?,24?,25?,26?,27?/m11/s1. The van der Waals surface area contributed by atoms with E-state index in [0.29, 0.717) is 32.5 Å². The summed E-state index contributed by atoms with van der Waals surface area (Å²) in [6, 6.07) is 42.8. The minimum Gasteiger partial charge on any atom is -0.0622 e. The fraction of sp³-hybridized carbons (Fsp3) is 0.556. The molecule has 16 bridgehead atoms. The van der Waals surface area contributed by atoms with Gasteiger partial charge in [0.25, 0.3) is 0 Å². The minimum absolute atomic E-state index is 0.522. The van der Waals surface area contributed by atoms with Crippen molar-refractivity contribution in [3.8, 4) is 0 Å². The van der Waals surface area contributed by atoms with Crippen LogP contribution in [0.4, 0.5) is 0 Å². The molecule has 4 spiro atoms. The fourth-order valence-electron chi connectivity index (χ4n) is 21.8. The molecule has 284 valence electrons. The maximum atomic E-state index is 2.49. The van der Waals surface area contributed by atoms with Crippen LogP contribution in [-0.4, -0.2) is 0 Å². The monoisotopic (exact) mass is 956 g/mol. The van der Waals surface area contributed by atoms with Crippen molar-refractivity contribution in [2.45, 2.75) is 112 Å². The minimum atomic E-state index is 0.522. The van der Waals surface area contributed by atoms with Gasteiger partial charge < -0.3 is 0 Å². The van der Waals surface area contributed by atoms with Gasteiger partial charge in [-0.25, -0.2) is 0 Å². The Morgan fingerprint density at radius 2 is 0.643 bits per heavy atom. The average molecular weight is 957 g/mol. The van der Waals surface area contributed by atoms with E-state index in [1.807, 2.05) is 0 Å². The fourth-order valence-corrected chi connectivity index (χ4v) is 22.6. The summed E-state index contributed by atoms with van der Waals surface area (Å²) in [6.45, 7) is 0. The summed E-state index contributed by atoms with van der Waals surface area (Å²) in [6.07, 6.45) is 21.4. The molecular weight excluding hydrogens is 902 g/mol. The van der Waals surface area contributed by atoms with Crippen LogP contribution < -0.4 is 0 Å². The molecule has 4 aromatic carbocycles. The molecule has 0 nitrogen and oxygen atoms in total. The maximum Gasteiger partial charge on any atom is 0.0130 e. The molecule has 8 atom stereocenters. The smallest absolute Gasteiger partial charge is 0.0130 e. The second kappa shape index (κ2) is 10.1. The van der Waals surface area contributed by atoms with Gasteiger partial charge in [-0.1, -0.05) is 84.9 Å². The van der Waals surface area contributed by atoms with Gasteiger partial charge in [0.2, 0.25) is 0 Å². The Labute approximate surface area is 361 Å². The van der Waals surface area contributed by atoms with Crippen molar-refractivity contribution in [1.82, 2.24) is 0 Å². The molecule has 0 saturated heterocycles. The predicted molar refractivity (Wildman–Crippen MR) is 240 cm³/mol. The first-order chi connectivity index (χ1) is 27.2.